The number of pyridine rings is 1. The van der Waals surface area contributed by atoms with E-state index in [4.69, 9.17) is 4.98 Å². The largest absolute Gasteiger partial charge is 0.282 e. The minimum Gasteiger partial charge on any atom is -0.282 e. The van der Waals surface area contributed by atoms with Crippen LogP contribution in [-0.4, -0.2) is 21.6 Å². The lowest BCUT2D eigenvalue weighted by molar-refractivity contribution is -0.118. The molecule has 0 saturated heterocycles. The van der Waals surface area contributed by atoms with Crippen LogP contribution in [0.15, 0.2) is 65.7 Å². The van der Waals surface area contributed by atoms with E-state index in [1.807, 2.05) is 18.2 Å². The standard InChI is InChI=1S/C26H27N3OS2/c1-18-9-11-22(12-10-18)31-14-6-8-24(30)29(17-21-7-4-5-13-27-21)26-28-23-16-19(2)15-20(3)25(23)32-26/h4-5,7,9-13,15-16H,6,8,14,17H2,1-3H3. The van der Waals surface area contributed by atoms with Gasteiger partial charge in [-0.05, 0) is 74.4 Å². The Balaban J connectivity index is 1.49. The molecule has 0 unspecified atom stereocenters. The first-order valence-corrected chi connectivity index (χ1v) is 12.6. The van der Waals surface area contributed by atoms with E-state index in [-0.39, 0.29) is 5.91 Å². The second kappa shape index (κ2) is 10.3. The van der Waals surface area contributed by atoms with E-state index >= 15 is 0 Å². The summed E-state index contributed by atoms with van der Waals surface area (Å²) in [6.45, 7) is 6.70. The van der Waals surface area contributed by atoms with Crippen LogP contribution in [0.3, 0.4) is 0 Å². The van der Waals surface area contributed by atoms with Crippen molar-refractivity contribution in [3.05, 3.63) is 83.2 Å². The molecule has 6 heteroatoms. The summed E-state index contributed by atoms with van der Waals surface area (Å²) in [5.74, 6) is 0.998. The molecule has 0 radical (unpaired) electrons. The number of aromatic nitrogens is 2. The maximum atomic E-state index is 13.3. The lowest BCUT2D eigenvalue weighted by atomic mass is 10.1. The molecule has 0 saturated carbocycles. The zero-order chi connectivity index (χ0) is 22.5. The van der Waals surface area contributed by atoms with Crippen molar-refractivity contribution in [1.82, 2.24) is 9.97 Å². The minimum atomic E-state index is 0.0913. The van der Waals surface area contributed by atoms with Crippen LogP contribution in [0.25, 0.3) is 10.2 Å². The maximum Gasteiger partial charge on any atom is 0.229 e. The summed E-state index contributed by atoms with van der Waals surface area (Å²) in [6.07, 6.45) is 3.07. The molecule has 0 spiro atoms. The average Bonchev–Trinajstić information content (AvgIpc) is 3.21. The molecule has 0 bridgehead atoms. The molecule has 164 valence electrons. The van der Waals surface area contributed by atoms with E-state index < -0.39 is 0 Å². The number of hydrogen-bond acceptors (Lipinski definition) is 5. The van der Waals surface area contributed by atoms with Gasteiger partial charge in [0.25, 0.3) is 0 Å². The van der Waals surface area contributed by atoms with Crippen molar-refractivity contribution < 1.29 is 4.79 Å². The average molecular weight is 462 g/mol. The first-order chi connectivity index (χ1) is 15.5. The normalized spacial score (nSPS) is 11.1. The van der Waals surface area contributed by atoms with E-state index in [0.29, 0.717) is 13.0 Å². The van der Waals surface area contributed by atoms with Gasteiger partial charge in [0, 0.05) is 17.5 Å². The number of carbonyl (C=O) groups excluding carboxylic acids is 1. The second-order valence-corrected chi connectivity index (χ2v) is 10.1. The molecular formula is C26H27N3OS2. The van der Waals surface area contributed by atoms with Crippen molar-refractivity contribution in [2.75, 3.05) is 10.7 Å². The Hall–Kier alpha value is -2.70. The summed E-state index contributed by atoms with van der Waals surface area (Å²) >= 11 is 3.38. The number of carbonyl (C=O) groups is 1. The zero-order valence-electron chi connectivity index (χ0n) is 18.7. The fourth-order valence-corrected chi connectivity index (χ4v) is 5.46. The predicted octanol–water partition coefficient (Wildman–Crippen LogP) is 6.72. The summed E-state index contributed by atoms with van der Waals surface area (Å²) in [6, 6.07) is 18.6. The summed E-state index contributed by atoms with van der Waals surface area (Å²) < 4.78 is 1.14. The van der Waals surface area contributed by atoms with Crippen LogP contribution in [0.1, 0.15) is 35.2 Å². The molecule has 32 heavy (non-hydrogen) atoms. The van der Waals surface area contributed by atoms with Gasteiger partial charge in [-0.25, -0.2) is 4.98 Å². The van der Waals surface area contributed by atoms with Gasteiger partial charge in [-0.15, -0.1) is 11.8 Å². The molecule has 2 heterocycles. The number of thioether (sulfide) groups is 1. The summed E-state index contributed by atoms with van der Waals surface area (Å²) in [7, 11) is 0. The summed E-state index contributed by atoms with van der Waals surface area (Å²) in [4.78, 5) is 25.6. The molecule has 2 aromatic heterocycles. The first kappa shape index (κ1) is 22.5. The molecule has 4 nitrogen and oxygen atoms in total. The number of aryl methyl sites for hydroxylation is 3. The molecule has 0 aliphatic heterocycles. The maximum absolute atomic E-state index is 13.3. The number of rotatable bonds is 8. The number of benzene rings is 2. The van der Waals surface area contributed by atoms with Gasteiger partial charge in [-0.2, -0.15) is 0 Å². The minimum absolute atomic E-state index is 0.0913. The predicted molar refractivity (Wildman–Crippen MR) is 136 cm³/mol. The molecule has 2 aromatic carbocycles. The zero-order valence-corrected chi connectivity index (χ0v) is 20.3. The fourth-order valence-electron chi connectivity index (χ4n) is 3.58. The van der Waals surface area contributed by atoms with Gasteiger partial charge in [-0.3, -0.25) is 14.7 Å². The Labute approximate surface area is 197 Å². The highest BCUT2D eigenvalue weighted by Crippen LogP contribution is 2.33. The number of hydrogen-bond donors (Lipinski definition) is 0. The Bertz CT molecular complexity index is 1200. The molecule has 1 amide bonds. The van der Waals surface area contributed by atoms with Gasteiger partial charge >= 0.3 is 0 Å². The topological polar surface area (TPSA) is 46.1 Å². The van der Waals surface area contributed by atoms with Crippen molar-refractivity contribution in [3.8, 4) is 0 Å². The van der Waals surface area contributed by atoms with Gasteiger partial charge in [0.15, 0.2) is 5.13 Å². The van der Waals surface area contributed by atoms with Crippen LogP contribution >= 0.6 is 23.1 Å². The summed E-state index contributed by atoms with van der Waals surface area (Å²) in [5, 5.41) is 0.746. The van der Waals surface area contributed by atoms with E-state index in [0.717, 1.165) is 33.2 Å². The monoisotopic (exact) mass is 461 g/mol. The van der Waals surface area contributed by atoms with Crippen molar-refractivity contribution >= 4 is 44.4 Å². The van der Waals surface area contributed by atoms with Crippen LogP contribution in [0.2, 0.25) is 0 Å². The van der Waals surface area contributed by atoms with Gasteiger partial charge < -0.3 is 0 Å². The van der Waals surface area contributed by atoms with Crippen molar-refractivity contribution in [1.29, 1.82) is 0 Å². The first-order valence-electron chi connectivity index (χ1n) is 10.8. The molecule has 4 rings (SSSR count). The number of nitrogens with zero attached hydrogens (tertiary/aromatic N) is 3. The highest BCUT2D eigenvalue weighted by atomic mass is 32.2. The Morgan fingerprint density at radius 1 is 1.03 bits per heavy atom. The van der Waals surface area contributed by atoms with Crippen molar-refractivity contribution in [2.24, 2.45) is 0 Å². The SMILES string of the molecule is Cc1ccc(SCCCC(=O)N(Cc2ccccn2)c2nc3cc(C)cc(C)c3s2)cc1. The number of amides is 1. The smallest absolute Gasteiger partial charge is 0.229 e. The van der Waals surface area contributed by atoms with Crippen LogP contribution in [0, 0.1) is 20.8 Å². The van der Waals surface area contributed by atoms with Crippen LogP contribution in [0.4, 0.5) is 5.13 Å². The number of anilines is 1. The van der Waals surface area contributed by atoms with Crippen LogP contribution < -0.4 is 4.90 Å². The van der Waals surface area contributed by atoms with Gasteiger partial charge in [-0.1, -0.05) is 41.2 Å². The molecule has 4 aromatic rings. The molecule has 0 atom stereocenters. The van der Waals surface area contributed by atoms with E-state index in [1.54, 1.807) is 34.2 Å². The van der Waals surface area contributed by atoms with Crippen LogP contribution in [-0.2, 0) is 11.3 Å². The highest BCUT2D eigenvalue weighted by molar-refractivity contribution is 7.99. The lowest BCUT2D eigenvalue weighted by Crippen LogP contribution is -2.30. The Morgan fingerprint density at radius 2 is 1.84 bits per heavy atom. The van der Waals surface area contributed by atoms with Crippen molar-refractivity contribution in [2.45, 2.75) is 45.1 Å². The third-order valence-corrected chi connectivity index (χ3v) is 7.54. The Morgan fingerprint density at radius 3 is 2.59 bits per heavy atom. The fraction of sp³-hybridized carbons (Fsp3) is 0.269. The molecule has 0 aliphatic carbocycles. The third-order valence-electron chi connectivity index (χ3n) is 5.21. The number of fused-ring (bicyclic) bond motifs is 1. The van der Waals surface area contributed by atoms with Crippen LogP contribution in [0.5, 0.6) is 0 Å². The van der Waals surface area contributed by atoms with E-state index in [1.165, 1.54) is 21.6 Å². The highest BCUT2D eigenvalue weighted by Gasteiger charge is 2.21. The summed E-state index contributed by atoms with van der Waals surface area (Å²) in [5.41, 5.74) is 5.46. The van der Waals surface area contributed by atoms with Gasteiger partial charge in [0.2, 0.25) is 5.91 Å². The Kier molecular flexibility index (Phi) is 7.22. The van der Waals surface area contributed by atoms with Crippen molar-refractivity contribution in [3.63, 3.8) is 0 Å². The molecule has 0 aliphatic rings. The van der Waals surface area contributed by atoms with E-state index in [2.05, 4.69) is 62.2 Å². The van der Waals surface area contributed by atoms with Gasteiger partial charge in [0.05, 0.1) is 22.5 Å². The molecule has 0 N–H and O–H groups in total. The van der Waals surface area contributed by atoms with E-state index in [9.17, 15) is 4.79 Å². The van der Waals surface area contributed by atoms with Gasteiger partial charge in [0.1, 0.15) is 0 Å². The second-order valence-electron chi connectivity index (χ2n) is 7.99. The third kappa shape index (κ3) is 5.56. The molecule has 0 fully saturated rings. The molecular weight excluding hydrogens is 434 g/mol. The number of thiazole rings is 1. The quantitative estimate of drug-likeness (QED) is 0.216. The lowest BCUT2D eigenvalue weighted by Gasteiger charge is -2.19.